The average molecular weight is 282 g/mol. The molecule has 0 saturated carbocycles. The minimum absolute atomic E-state index is 0.0738. The summed E-state index contributed by atoms with van der Waals surface area (Å²) >= 11 is 0.472. The molecule has 0 spiro atoms. The molecule has 0 radical (unpaired) electrons. The quantitative estimate of drug-likeness (QED) is 0.760. The summed E-state index contributed by atoms with van der Waals surface area (Å²) in [6, 6.07) is 6.42. The minimum atomic E-state index is -0.0738. The van der Waals surface area contributed by atoms with E-state index < -0.39 is 0 Å². The standard InChI is InChI=1S/C13H17NOSe/c1-9-6-5-7-10(16-4)11(9)12-14-13(2,3)8-15-12/h5-7H,8H2,1-4H3. The number of aryl methyl sites for hydroxylation is 1. The number of rotatable bonds is 2. The summed E-state index contributed by atoms with van der Waals surface area (Å²) in [5.74, 6) is 3.06. The van der Waals surface area contributed by atoms with E-state index in [-0.39, 0.29) is 5.54 Å². The summed E-state index contributed by atoms with van der Waals surface area (Å²) in [6.45, 7) is 7.03. The Bertz CT molecular complexity index is 438. The number of nitrogens with zero attached hydrogens (tertiary/aromatic N) is 1. The number of hydrogen-bond donors (Lipinski definition) is 0. The molecular weight excluding hydrogens is 265 g/mol. The first-order chi connectivity index (χ1) is 7.53. The molecule has 0 fully saturated rings. The van der Waals surface area contributed by atoms with Crippen LogP contribution in [0.3, 0.4) is 0 Å². The van der Waals surface area contributed by atoms with Crippen molar-refractivity contribution in [1.29, 1.82) is 0 Å². The Kier molecular flexibility index (Phi) is 3.09. The predicted molar refractivity (Wildman–Crippen MR) is 69.0 cm³/mol. The van der Waals surface area contributed by atoms with Crippen LogP contribution in [0.4, 0.5) is 0 Å². The number of ether oxygens (including phenoxy) is 1. The average Bonchev–Trinajstić information content (AvgIpc) is 2.58. The van der Waals surface area contributed by atoms with Crippen LogP contribution in [0.15, 0.2) is 23.2 Å². The van der Waals surface area contributed by atoms with Gasteiger partial charge >= 0.3 is 103 Å². The van der Waals surface area contributed by atoms with E-state index in [1.54, 1.807) is 0 Å². The van der Waals surface area contributed by atoms with E-state index >= 15 is 0 Å². The van der Waals surface area contributed by atoms with E-state index in [0.717, 1.165) is 5.90 Å². The fraction of sp³-hybridized carbons (Fsp3) is 0.462. The molecule has 0 saturated heterocycles. The van der Waals surface area contributed by atoms with Crippen LogP contribution in [0.25, 0.3) is 0 Å². The predicted octanol–water partition coefficient (Wildman–Crippen LogP) is 1.93. The Morgan fingerprint density at radius 2 is 2.12 bits per heavy atom. The van der Waals surface area contributed by atoms with Gasteiger partial charge in [-0.3, -0.25) is 0 Å². The Hall–Kier alpha value is -0.791. The van der Waals surface area contributed by atoms with Crippen LogP contribution in [0.2, 0.25) is 5.82 Å². The maximum absolute atomic E-state index is 5.74. The second-order valence-corrected chi connectivity index (χ2v) is 6.45. The Labute approximate surface area is 103 Å². The molecule has 1 aromatic carbocycles. The van der Waals surface area contributed by atoms with Crippen LogP contribution in [0, 0.1) is 6.92 Å². The van der Waals surface area contributed by atoms with Crippen molar-refractivity contribution in [1.82, 2.24) is 0 Å². The maximum atomic E-state index is 5.74. The molecule has 0 aliphatic carbocycles. The van der Waals surface area contributed by atoms with Gasteiger partial charge in [-0.1, -0.05) is 0 Å². The SMILES string of the molecule is C[Se]c1cccc(C)c1C1=NC(C)(C)CO1. The van der Waals surface area contributed by atoms with Crippen LogP contribution >= 0.6 is 0 Å². The van der Waals surface area contributed by atoms with Gasteiger partial charge in [0.05, 0.1) is 0 Å². The van der Waals surface area contributed by atoms with Crippen molar-refractivity contribution in [2.24, 2.45) is 4.99 Å². The van der Waals surface area contributed by atoms with Crippen LogP contribution < -0.4 is 4.46 Å². The van der Waals surface area contributed by atoms with E-state index in [4.69, 9.17) is 4.74 Å². The molecule has 1 aromatic rings. The third-order valence-corrected chi connectivity index (χ3v) is 4.27. The van der Waals surface area contributed by atoms with Gasteiger partial charge in [-0.2, -0.15) is 0 Å². The van der Waals surface area contributed by atoms with Gasteiger partial charge in [-0.25, -0.2) is 0 Å². The Morgan fingerprint density at radius 1 is 1.38 bits per heavy atom. The molecule has 1 aliphatic rings. The van der Waals surface area contributed by atoms with E-state index in [9.17, 15) is 0 Å². The molecule has 0 unspecified atom stereocenters. The van der Waals surface area contributed by atoms with Crippen LogP contribution in [0.1, 0.15) is 25.0 Å². The number of benzene rings is 1. The zero-order valence-electron chi connectivity index (χ0n) is 10.2. The van der Waals surface area contributed by atoms with E-state index in [0.29, 0.717) is 21.6 Å². The fourth-order valence-electron chi connectivity index (χ4n) is 1.80. The van der Waals surface area contributed by atoms with Crippen LogP contribution in [-0.4, -0.2) is 33.0 Å². The molecule has 1 aliphatic heterocycles. The molecule has 0 amide bonds. The Morgan fingerprint density at radius 3 is 2.69 bits per heavy atom. The summed E-state index contributed by atoms with van der Waals surface area (Å²) in [5.41, 5.74) is 2.41. The third kappa shape index (κ3) is 2.16. The van der Waals surface area contributed by atoms with Crippen molar-refractivity contribution in [3.63, 3.8) is 0 Å². The summed E-state index contributed by atoms with van der Waals surface area (Å²) in [5, 5.41) is 0. The Balaban J connectivity index is 2.49. The summed E-state index contributed by atoms with van der Waals surface area (Å²) in [6.07, 6.45) is 0. The van der Waals surface area contributed by atoms with Crippen molar-refractivity contribution in [2.75, 3.05) is 6.61 Å². The first-order valence-corrected chi connectivity index (χ1v) is 7.97. The van der Waals surface area contributed by atoms with Crippen molar-refractivity contribution in [3.05, 3.63) is 29.3 Å². The first-order valence-electron chi connectivity index (χ1n) is 5.40. The molecule has 0 aromatic heterocycles. The molecule has 0 bridgehead atoms. The molecule has 1 heterocycles. The van der Waals surface area contributed by atoms with E-state index in [1.165, 1.54) is 15.6 Å². The van der Waals surface area contributed by atoms with Gasteiger partial charge in [0, 0.05) is 0 Å². The molecule has 3 heteroatoms. The number of hydrogen-bond acceptors (Lipinski definition) is 2. The third-order valence-electron chi connectivity index (χ3n) is 2.63. The van der Waals surface area contributed by atoms with Crippen LogP contribution in [0.5, 0.6) is 0 Å². The first kappa shape index (κ1) is 11.7. The zero-order valence-corrected chi connectivity index (χ0v) is 11.9. The molecule has 2 nitrogen and oxygen atoms in total. The van der Waals surface area contributed by atoms with Gasteiger partial charge in [0.15, 0.2) is 0 Å². The normalized spacial score (nSPS) is 18.1. The second-order valence-electron chi connectivity index (χ2n) is 4.67. The van der Waals surface area contributed by atoms with Gasteiger partial charge in [0.25, 0.3) is 0 Å². The van der Waals surface area contributed by atoms with Gasteiger partial charge in [0.2, 0.25) is 0 Å². The molecule has 0 N–H and O–H groups in total. The number of aliphatic imine (C=N–C) groups is 1. The summed E-state index contributed by atoms with van der Waals surface area (Å²) in [7, 11) is 0. The van der Waals surface area contributed by atoms with E-state index in [1.807, 2.05) is 0 Å². The second kappa shape index (κ2) is 4.23. The van der Waals surface area contributed by atoms with E-state index in [2.05, 4.69) is 49.8 Å². The van der Waals surface area contributed by atoms with Gasteiger partial charge in [0.1, 0.15) is 0 Å². The molecule has 16 heavy (non-hydrogen) atoms. The van der Waals surface area contributed by atoms with Crippen molar-refractivity contribution in [2.45, 2.75) is 32.1 Å². The van der Waals surface area contributed by atoms with Gasteiger partial charge in [-0.15, -0.1) is 0 Å². The molecular formula is C13H17NOSe. The zero-order chi connectivity index (χ0) is 11.8. The molecule has 0 atom stereocenters. The molecule has 86 valence electrons. The van der Waals surface area contributed by atoms with Crippen molar-refractivity contribution in [3.8, 4) is 0 Å². The van der Waals surface area contributed by atoms with Gasteiger partial charge < -0.3 is 0 Å². The summed E-state index contributed by atoms with van der Waals surface area (Å²) < 4.78 is 7.12. The van der Waals surface area contributed by atoms with Crippen molar-refractivity contribution < 1.29 is 4.74 Å². The van der Waals surface area contributed by atoms with Crippen molar-refractivity contribution >= 4 is 25.3 Å². The summed E-state index contributed by atoms with van der Waals surface area (Å²) in [4.78, 5) is 4.66. The topological polar surface area (TPSA) is 21.6 Å². The fourth-order valence-corrected chi connectivity index (χ4v) is 3.20. The van der Waals surface area contributed by atoms with Crippen LogP contribution in [-0.2, 0) is 4.74 Å². The molecule has 2 rings (SSSR count). The van der Waals surface area contributed by atoms with Gasteiger partial charge in [-0.05, 0) is 0 Å². The monoisotopic (exact) mass is 283 g/mol.